The minimum absolute atomic E-state index is 0.237. The van der Waals surface area contributed by atoms with Gasteiger partial charge in [-0.05, 0) is 24.6 Å². The Morgan fingerprint density at radius 1 is 1.08 bits per heavy atom. The van der Waals surface area contributed by atoms with E-state index in [-0.39, 0.29) is 12.5 Å². The lowest BCUT2D eigenvalue weighted by Gasteiger charge is -2.07. The normalized spacial score (nSPS) is 10.8. The van der Waals surface area contributed by atoms with Gasteiger partial charge in [0.25, 0.3) is 5.91 Å². The summed E-state index contributed by atoms with van der Waals surface area (Å²) in [5.41, 5.74) is 1.43. The summed E-state index contributed by atoms with van der Waals surface area (Å²) in [7, 11) is 1.64. The predicted octanol–water partition coefficient (Wildman–Crippen LogP) is 3.78. The first-order valence-electron chi connectivity index (χ1n) is 8.25. The number of methoxy groups -OCH3 is 1. The van der Waals surface area contributed by atoms with E-state index in [0.717, 1.165) is 23.1 Å². The molecule has 2 aromatic carbocycles. The van der Waals surface area contributed by atoms with Crippen molar-refractivity contribution in [3.8, 4) is 5.75 Å². The van der Waals surface area contributed by atoms with Gasteiger partial charge < -0.3 is 19.2 Å². The largest absolute Gasteiger partial charge is 0.489 e. The highest BCUT2D eigenvalue weighted by atomic mass is 16.5. The number of amides is 1. The third-order valence-corrected chi connectivity index (χ3v) is 3.84. The first-order valence-corrected chi connectivity index (χ1v) is 8.25. The van der Waals surface area contributed by atoms with Crippen molar-refractivity contribution < 1.29 is 18.7 Å². The Morgan fingerprint density at radius 2 is 1.84 bits per heavy atom. The SMILES string of the molecule is COCCCNC(=O)c1oc2ccccc2c1COc1ccccc1. The second kappa shape index (κ2) is 8.35. The fourth-order valence-electron chi connectivity index (χ4n) is 2.60. The number of hydrogen-bond acceptors (Lipinski definition) is 4. The molecule has 0 atom stereocenters. The topological polar surface area (TPSA) is 60.7 Å². The van der Waals surface area contributed by atoms with Crippen molar-refractivity contribution in [1.82, 2.24) is 5.32 Å². The van der Waals surface area contributed by atoms with Crippen molar-refractivity contribution in [2.75, 3.05) is 20.3 Å². The van der Waals surface area contributed by atoms with Crippen LogP contribution in [0.3, 0.4) is 0 Å². The monoisotopic (exact) mass is 339 g/mol. The van der Waals surface area contributed by atoms with Crippen LogP contribution < -0.4 is 10.1 Å². The van der Waals surface area contributed by atoms with Crippen LogP contribution in [0.4, 0.5) is 0 Å². The Bertz CT molecular complexity index is 826. The molecular weight excluding hydrogens is 318 g/mol. The molecule has 1 heterocycles. The highest BCUT2D eigenvalue weighted by molar-refractivity contribution is 5.99. The lowest BCUT2D eigenvalue weighted by atomic mass is 10.1. The number of furan rings is 1. The summed E-state index contributed by atoms with van der Waals surface area (Å²) in [6, 6.07) is 17.1. The van der Waals surface area contributed by atoms with Gasteiger partial charge in [0.05, 0.1) is 0 Å². The highest BCUT2D eigenvalue weighted by Crippen LogP contribution is 2.27. The summed E-state index contributed by atoms with van der Waals surface area (Å²) in [4.78, 5) is 12.5. The third-order valence-electron chi connectivity index (χ3n) is 3.84. The van der Waals surface area contributed by atoms with E-state index < -0.39 is 0 Å². The minimum atomic E-state index is -0.237. The lowest BCUT2D eigenvalue weighted by Crippen LogP contribution is -2.25. The van der Waals surface area contributed by atoms with E-state index >= 15 is 0 Å². The van der Waals surface area contributed by atoms with Crippen LogP contribution in [0.15, 0.2) is 59.0 Å². The summed E-state index contributed by atoms with van der Waals surface area (Å²) in [5.74, 6) is 0.813. The van der Waals surface area contributed by atoms with E-state index in [1.807, 2.05) is 54.6 Å². The average molecular weight is 339 g/mol. The van der Waals surface area contributed by atoms with Crippen molar-refractivity contribution in [3.63, 3.8) is 0 Å². The fraction of sp³-hybridized carbons (Fsp3) is 0.250. The Morgan fingerprint density at radius 3 is 2.64 bits per heavy atom. The van der Waals surface area contributed by atoms with Crippen LogP contribution in [0, 0.1) is 0 Å². The molecular formula is C20H21NO4. The molecule has 0 fully saturated rings. The number of hydrogen-bond donors (Lipinski definition) is 1. The van der Waals surface area contributed by atoms with Crippen molar-refractivity contribution in [3.05, 3.63) is 65.9 Å². The van der Waals surface area contributed by atoms with Gasteiger partial charge in [-0.2, -0.15) is 0 Å². The molecule has 1 amide bonds. The minimum Gasteiger partial charge on any atom is -0.489 e. The molecule has 0 spiro atoms. The molecule has 3 aromatic rings. The van der Waals surface area contributed by atoms with E-state index in [1.165, 1.54) is 0 Å². The molecule has 0 saturated heterocycles. The van der Waals surface area contributed by atoms with E-state index in [0.29, 0.717) is 24.5 Å². The van der Waals surface area contributed by atoms with Gasteiger partial charge in [0.1, 0.15) is 17.9 Å². The van der Waals surface area contributed by atoms with Gasteiger partial charge in [-0.25, -0.2) is 0 Å². The van der Waals surface area contributed by atoms with Crippen LogP contribution in [-0.2, 0) is 11.3 Å². The quantitative estimate of drug-likeness (QED) is 0.635. The van der Waals surface area contributed by atoms with Crippen molar-refractivity contribution in [2.45, 2.75) is 13.0 Å². The molecule has 5 nitrogen and oxygen atoms in total. The Kier molecular flexibility index (Phi) is 5.69. The molecule has 0 aliphatic heterocycles. The molecule has 25 heavy (non-hydrogen) atoms. The average Bonchev–Trinajstić information content (AvgIpc) is 3.03. The number of benzene rings is 2. The molecule has 0 aliphatic rings. The van der Waals surface area contributed by atoms with Crippen LogP contribution in [0.5, 0.6) is 5.75 Å². The first-order chi connectivity index (χ1) is 12.3. The van der Waals surface area contributed by atoms with E-state index in [9.17, 15) is 4.79 Å². The Labute approximate surface area is 146 Å². The summed E-state index contributed by atoms with van der Waals surface area (Å²) < 4.78 is 16.6. The molecule has 0 aliphatic carbocycles. The van der Waals surface area contributed by atoms with E-state index in [2.05, 4.69) is 5.32 Å². The molecule has 1 N–H and O–H groups in total. The van der Waals surface area contributed by atoms with Crippen LogP contribution in [0.25, 0.3) is 11.0 Å². The summed E-state index contributed by atoms with van der Waals surface area (Å²) in [6.07, 6.45) is 0.748. The number of carbonyl (C=O) groups excluding carboxylic acids is 1. The van der Waals surface area contributed by atoms with E-state index in [1.54, 1.807) is 7.11 Å². The number of carbonyl (C=O) groups is 1. The van der Waals surface area contributed by atoms with Gasteiger partial charge in [0.2, 0.25) is 0 Å². The maximum Gasteiger partial charge on any atom is 0.287 e. The number of fused-ring (bicyclic) bond motifs is 1. The smallest absolute Gasteiger partial charge is 0.287 e. The number of nitrogens with one attached hydrogen (secondary N) is 1. The van der Waals surface area contributed by atoms with Gasteiger partial charge in [-0.15, -0.1) is 0 Å². The van der Waals surface area contributed by atoms with Gasteiger partial charge in [-0.3, -0.25) is 4.79 Å². The molecule has 0 radical (unpaired) electrons. The standard InChI is InChI=1S/C20H21NO4/c1-23-13-7-12-21-20(22)19-17(14-24-15-8-3-2-4-9-15)16-10-5-6-11-18(16)25-19/h2-6,8-11H,7,12-14H2,1H3,(H,21,22). The molecule has 1 aromatic heterocycles. The second-order valence-electron chi connectivity index (χ2n) is 5.61. The zero-order valence-corrected chi connectivity index (χ0v) is 14.2. The predicted molar refractivity (Wildman–Crippen MR) is 95.8 cm³/mol. The maximum atomic E-state index is 12.5. The second-order valence-corrected chi connectivity index (χ2v) is 5.61. The Balaban J connectivity index is 1.80. The van der Waals surface area contributed by atoms with Gasteiger partial charge in [0, 0.05) is 31.2 Å². The fourth-order valence-corrected chi connectivity index (χ4v) is 2.60. The van der Waals surface area contributed by atoms with Crippen LogP contribution in [-0.4, -0.2) is 26.2 Å². The number of rotatable bonds is 8. The third kappa shape index (κ3) is 4.19. The molecule has 3 rings (SSSR count). The molecule has 0 bridgehead atoms. The Hall–Kier alpha value is -2.79. The van der Waals surface area contributed by atoms with Gasteiger partial charge >= 0.3 is 0 Å². The van der Waals surface area contributed by atoms with Crippen LogP contribution in [0.1, 0.15) is 22.5 Å². The highest BCUT2D eigenvalue weighted by Gasteiger charge is 2.20. The molecule has 0 saturated carbocycles. The summed E-state index contributed by atoms with van der Waals surface area (Å²) >= 11 is 0. The zero-order valence-electron chi connectivity index (χ0n) is 14.2. The lowest BCUT2D eigenvalue weighted by molar-refractivity contribution is 0.0919. The van der Waals surface area contributed by atoms with Crippen molar-refractivity contribution >= 4 is 16.9 Å². The van der Waals surface area contributed by atoms with Crippen molar-refractivity contribution in [1.29, 1.82) is 0 Å². The van der Waals surface area contributed by atoms with Gasteiger partial charge in [0.15, 0.2) is 5.76 Å². The van der Waals surface area contributed by atoms with E-state index in [4.69, 9.17) is 13.9 Å². The zero-order chi connectivity index (χ0) is 17.5. The number of ether oxygens (including phenoxy) is 2. The number of para-hydroxylation sites is 2. The van der Waals surface area contributed by atoms with Crippen molar-refractivity contribution in [2.24, 2.45) is 0 Å². The maximum absolute atomic E-state index is 12.5. The summed E-state index contributed by atoms with van der Waals surface area (Å²) in [6.45, 7) is 1.40. The van der Waals surface area contributed by atoms with Crippen LogP contribution in [0.2, 0.25) is 0 Å². The van der Waals surface area contributed by atoms with Gasteiger partial charge in [-0.1, -0.05) is 36.4 Å². The van der Waals surface area contributed by atoms with Crippen LogP contribution >= 0.6 is 0 Å². The molecule has 5 heteroatoms. The molecule has 0 unspecified atom stereocenters. The first kappa shape index (κ1) is 17.0. The summed E-state index contributed by atoms with van der Waals surface area (Å²) in [5, 5.41) is 3.75. The molecule has 130 valence electrons.